The fourth-order valence-electron chi connectivity index (χ4n) is 3.12. The first-order valence-electron chi connectivity index (χ1n) is 7.49. The zero-order valence-electron chi connectivity index (χ0n) is 12.1. The fraction of sp³-hybridized carbons (Fsp3) is 0.333. The van der Waals surface area contributed by atoms with E-state index in [4.69, 9.17) is 11.6 Å². The molecule has 0 heterocycles. The highest BCUT2D eigenvalue weighted by molar-refractivity contribution is 9.10. The Labute approximate surface area is 139 Å². The molecule has 1 N–H and O–H groups in total. The summed E-state index contributed by atoms with van der Waals surface area (Å²) < 4.78 is 1.10. The van der Waals surface area contributed by atoms with Gasteiger partial charge in [-0.1, -0.05) is 52.7 Å². The second-order valence-electron chi connectivity index (χ2n) is 5.54. The standard InChI is InChI=1S/C18H19BrClN/c1-2-21-18(16-11-15(20)8-9-17(16)19)14-7-6-12-4-3-5-13(12)10-14/h6-11,18,21H,2-5H2,1H3. The molecule has 0 aliphatic heterocycles. The smallest absolute Gasteiger partial charge is 0.0588 e. The predicted molar refractivity (Wildman–Crippen MR) is 93.1 cm³/mol. The molecule has 0 saturated carbocycles. The molecule has 0 amide bonds. The average molecular weight is 365 g/mol. The quantitative estimate of drug-likeness (QED) is 0.777. The van der Waals surface area contributed by atoms with Crippen molar-refractivity contribution in [3.05, 3.63) is 68.1 Å². The molecule has 3 rings (SSSR count). The maximum atomic E-state index is 6.19. The van der Waals surface area contributed by atoms with E-state index >= 15 is 0 Å². The monoisotopic (exact) mass is 363 g/mol. The van der Waals surface area contributed by atoms with Crippen LogP contribution in [0.2, 0.25) is 5.02 Å². The molecule has 21 heavy (non-hydrogen) atoms. The van der Waals surface area contributed by atoms with Crippen molar-refractivity contribution in [1.29, 1.82) is 0 Å². The number of hydrogen-bond acceptors (Lipinski definition) is 1. The largest absolute Gasteiger partial charge is 0.306 e. The van der Waals surface area contributed by atoms with Gasteiger partial charge in [-0.2, -0.15) is 0 Å². The molecular weight excluding hydrogens is 346 g/mol. The number of halogens is 2. The minimum absolute atomic E-state index is 0.175. The summed E-state index contributed by atoms with van der Waals surface area (Å²) >= 11 is 9.86. The molecule has 1 aliphatic rings. The molecule has 0 fully saturated rings. The average Bonchev–Trinajstić information content (AvgIpc) is 2.95. The topological polar surface area (TPSA) is 12.0 Å². The van der Waals surface area contributed by atoms with Crippen LogP contribution < -0.4 is 5.32 Å². The Morgan fingerprint density at radius 2 is 1.95 bits per heavy atom. The Morgan fingerprint density at radius 1 is 1.14 bits per heavy atom. The van der Waals surface area contributed by atoms with Gasteiger partial charge in [0.2, 0.25) is 0 Å². The molecule has 2 aromatic rings. The van der Waals surface area contributed by atoms with Crippen LogP contribution in [-0.2, 0) is 12.8 Å². The Hall–Kier alpha value is -0.830. The van der Waals surface area contributed by atoms with Crippen LogP contribution in [0.15, 0.2) is 40.9 Å². The molecular formula is C18H19BrClN. The normalized spacial score (nSPS) is 15.0. The van der Waals surface area contributed by atoms with Crippen molar-refractivity contribution >= 4 is 27.5 Å². The van der Waals surface area contributed by atoms with E-state index in [0.29, 0.717) is 0 Å². The lowest BCUT2D eigenvalue weighted by Crippen LogP contribution is -2.22. The summed E-state index contributed by atoms with van der Waals surface area (Å²) in [6, 6.07) is 13.1. The van der Waals surface area contributed by atoms with Crippen molar-refractivity contribution < 1.29 is 0 Å². The zero-order valence-corrected chi connectivity index (χ0v) is 14.5. The highest BCUT2D eigenvalue weighted by Gasteiger charge is 2.19. The minimum atomic E-state index is 0.175. The molecule has 1 nitrogen and oxygen atoms in total. The third-order valence-corrected chi connectivity index (χ3v) is 5.09. The van der Waals surface area contributed by atoms with Crippen molar-refractivity contribution in [2.24, 2.45) is 0 Å². The van der Waals surface area contributed by atoms with Crippen molar-refractivity contribution in [1.82, 2.24) is 5.32 Å². The third-order valence-electron chi connectivity index (χ3n) is 4.13. The van der Waals surface area contributed by atoms with Crippen LogP contribution in [0, 0.1) is 0 Å². The van der Waals surface area contributed by atoms with E-state index in [1.165, 1.54) is 41.5 Å². The lowest BCUT2D eigenvalue weighted by molar-refractivity contribution is 0.628. The second-order valence-corrected chi connectivity index (χ2v) is 6.83. The van der Waals surface area contributed by atoms with E-state index in [1.54, 1.807) is 0 Å². The Kier molecular flexibility index (Phi) is 4.68. The van der Waals surface area contributed by atoms with Crippen LogP contribution in [0.4, 0.5) is 0 Å². The van der Waals surface area contributed by atoms with Gasteiger partial charge in [0.25, 0.3) is 0 Å². The predicted octanol–water partition coefficient (Wildman–Crippen LogP) is 5.29. The van der Waals surface area contributed by atoms with Gasteiger partial charge in [0, 0.05) is 9.50 Å². The number of fused-ring (bicyclic) bond motifs is 1. The first kappa shape index (κ1) is 15.1. The highest BCUT2D eigenvalue weighted by Crippen LogP contribution is 2.33. The van der Waals surface area contributed by atoms with Crippen LogP contribution in [-0.4, -0.2) is 6.54 Å². The van der Waals surface area contributed by atoms with E-state index in [9.17, 15) is 0 Å². The first-order valence-corrected chi connectivity index (χ1v) is 8.66. The molecule has 110 valence electrons. The van der Waals surface area contributed by atoms with E-state index in [-0.39, 0.29) is 6.04 Å². The summed E-state index contributed by atoms with van der Waals surface area (Å²) in [5, 5.41) is 4.36. The molecule has 1 unspecified atom stereocenters. The van der Waals surface area contributed by atoms with Crippen molar-refractivity contribution in [3.63, 3.8) is 0 Å². The molecule has 0 radical (unpaired) electrons. The van der Waals surface area contributed by atoms with Gasteiger partial charge in [-0.25, -0.2) is 0 Å². The molecule has 1 aliphatic carbocycles. The SMILES string of the molecule is CCNC(c1ccc2c(c1)CCC2)c1cc(Cl)ccc1Br. The Balaban J connectivity index is 2.03. The maximum absolute atomic E-state index is 6.19. The van der Waals surface area contributed by atoms with Crippen LogP contribution in [0.3, 0.4) is 0 Å². The first-order chi connectivity index (χ1) is 10.2. The number of aryl methyl sites for hydroxylation is 2. The lowest BCUT2D eigenvalue weighted by Gasteiger charge is -2.21. The molecule has 0 bridgehead atoms. The second kappa shape index (κ2) is 6.51. The minimum Gasteiger partial charge on any atom is -0.306 e. The molecule has 1 atom stereocenters. The van der Waals surface area contributed by atoms with E-state index in [2.05, 4.69) is 46.4 Å². The summed E-state index contributed by atoms with van der Waals surface area (Å²) in [5.74, 6) is 0. The molecule has 0 saturated heterocycles. The number of rotatable bonds is 4. The van der Waals surface area contributed by atoms with E-state index in [0.717, 1.165) is 16.0 Å². The summed E-state index contributed by atoms with van der Waals surface area (Å²) in [4.78, 5) is 0. The molecule has 0 aromatic heterocycles. The van der Waals surface area contributed by atoms with E-state index in [1.807, 2.05) is 18.2 Å². The lowest BCUT2D eigenvalue weighted by atomic mass is 9.95. The van der Waals surface area contributed by atoms with Gasteiger partial charge in [-0.05, 0) is 66.3 Å². The van der Waals surface area contributed by atoms with Gasteiger partial charge >= 0.3 is 0 Å². The van der Waals surface area contributed by atoms with Gasteiger partial charge in [0.15, 0.2) is 0 Å². The molecule has 3 heteroatoms. The van der Waals surface area contributed by atoms with Gasteiger partial charge in [-0.15, -0.1) is 0 Å². The molecule has 0 spiro atoms. The summed E-state index contributed by atoms with van der Waals surface area (Å²) in [7, 11) is 0. The number of hydrogen-bond donors (Lipinski definition) is 1. The highest BCUT2D eigenvalue weighted by atomic mass is 79.9. The van der Waals surface area contributed by atoms with Crippen molar-refractivity contribution in [2.75, 3.05) is 6.54 Å². The Morgan fingerprint density at radius 3 is 2.76 bits per heavy atom. The van der Waals surface area contributed by atoms with Crippen LogP contribution in [0.5, 0.6) is 0 Å². The van der Waals surface area contributed by atoms with Crippen LogP contribution >= 0.6 is 27.5 Å². The summed E-state index contributed by atoms with van der Waals surface area (Å²) in [6.07, 6.45) is 3.71. The van der Waals surface area contributed by atoms with Crippen LogP contribution in [0.25, 0.3) is 0 Å². The summed E-state index contributed by atoms with van der Waals surface area (Å²) in [5.41, 5.74) is 5.54. The number of nitrogens with one attached hydrogen (secondary N) is 1. The van der Waals surface area contributed by atoms with Gasteiger partial charge in [0.1, 0.15) is 0 Å². The van der Waals surface area contributed by atoms with Crippen LogP contribution in [0.1, 0.15) is 41.6 Å². The number of benzene rings is 2. The van der Waals surface area contributed by atoms with Crippen molar-refractivity contribution in [2.45, 2.75) is 32.2 Å². The van der Waals surface area contributed by atoms with E-state index < -0.39 is 0 Å². The van der Waals surface area contributed by atoms with Gasteiger partial charge in [-0.3, -0.25) is 0 Å². The fourth-order valence-corrected chi connectivity index (χ4v) is 3.77. The third kappa shape index (κ3) is 3.18. The van der Waals surface area contributed by atoms with Gasteiger partial charge < -0.3 is 5.32 Å². The van der Waals surface area contributed by atoms with Gasteiger partial charge in [0.05, 0.1) is 6.04 Å². The Bertz CT molecular complexity index is 654. The zero-order chi connectivity index (χ0) is 14.8. The summed E-state index contributed by atoms with van der Waals surface area (Å²) in [6.45, 7) is 3.06. The van der Waals surface area contributed by atoms with Crippen molar-refractivity contribution in [3.8, 4) is 0 Å². The molecule has 2 aromatic carbocycles. The maximum Gasteiger partial charge on any atom is 0.0588 e.